The molecule has 0 radical (unpaired) electrons. The minimum atomic E-state index is -3.51. The number of aryl methyl sites for hydroxylation is 1. The Morgan fingerprint density at radius 1 is 1.25 bits per heavy atom. The second-order valence-electron chi connectivity index (χ2n) is 5.77. The normalized spacial score (nSPS) is 12.0. The number of benzene rings is 2. The fourth-order valence-corrected chi connectivity index (χ4v) is 5.66. The van der Waals surface area contributed by atoms with E-state index in [-0.39, 0.29) is 4.90 Å². The van der Waals surface area contributed by atoms with Gasteiger partial charge >= 0.3 is 111 Å². The molecule has 8 heteroatoms. The van der Waals surface area contributed by atoms with E-state index < -0.39 is 10.1 Å². The molecule has 0 fully saturated rings. The molecule has 0 N–H and O–H groups in total. The van der Waals surface area contributed by atoms with Crippen LogP contribution in [0.1, 0.15) is 23.5 Å². The molecule has 4 nitrogen and oxygen atoms in total. The largest absolute Gasteiger partial charge is 0.296 e. The quantitative estimate of drug-likeness (QED) is 0.346. The van der Waals surface area contributed by atoms with Crippen molar-refractivity contribution in [1.29, 1.82) is 0 Å². The average molecular weight is 503 g/mol. The third kappa shape index (κ3) is 6.48. The molecule has 3 rings (SSSR count). The van der Waals surface area contributed by atoms with Gasteiger partial charge in [-0.25, -0.2) is 0 Å². The molecule has 0 unspecified atom stereocenters. The summed E-state index contributed by atoms with van der Waals surface area (Å²) in [7, 11) is -2.37. The minimum Gasteiger partial charge on any atom is -0.270 e. The molecule has 28 heavy (non-hydrogen) atoms. The number of rotatable bonds is 5. The first-order chi connectivity index (χ1) is 13.3. The fourth-order valence-electron chi connectivity index (χ4n) is 2.22. The van der Waals surface area contributed by atoms with Gasteiger partial charge in [-0.15, -0.1) is 0 Å². The molecule has 0 atom stereocenters. The van der Waals surface area contributed by atoms with Crippen LogP contribution in [0.4, 0.5) is 0 Å². The van der Waals surface area contributed by atoms with Gasteiger partial charge in [0.15, 0.2) is 0 Å². The summed E-state index contributed by atoms with van der Waals surface area (Å²) in [5.41, 5.74) is 2.07. The van der Waals surface area contributed by atoms with E-state index >= 15 is 0 Å². The van der Waals surface area contributed by atoms with Gasteiger partial charge < -0.3 is 0 Å². The molecule has 0 spiro atoms. The van der Waals surface area contributed by atoms with E-state index in [4.69, 9.17) is 11.6 Å². The van der Waals surface area contributed by atoms with Crippen molar-refractivity contribution < 1.29 is 12.6 Å². The Morgan fingerprint density at radius 3 is 2.50 bits per heavy atom. The van der Waals surface area contributed by atoms with Crippen LogP contribution in [-0.4, -0.2) is 41.3 Å². The Balaban J connectivity index is 0.000000209. The van der Waals surface area contributed by atoms with Crippen molar-refractivity contribution in [2.45, 2.75) is 25.2 Å². The zero-order valence-corrected chi connectivity index (χ0v) is 20.2. The Kier molecular flexibility index (Phi) is 8.80. The Labute approximate surface area is 181 Å². The van der Waals surface area contributed by atoms with E-state index in [1.165, 1.54) is 25.9 Å². The second kappa shape index (κ2) is 10.6. The number of hydrogen-bond donors (Lipinski definition) is 0. The molecule has 1 heterocycles. The second-order valence-corrected chi connectivity index (χ2v) is 11.1. The molecule has 0 amide bonds. The number of hydrogen-bond acceptors (Lipinski definition) is 5. The van der Waals surface area contributed by atoms with Gasteiger partial charge in [0.25, 0.3) is 10.1 Å². The van der Waals surface area contributed by atoms with Crippen LogP contribution in [0.2, 0.25) is 5.02 Å². The third-order valence-corrected chi connectivity index (χ3v) is 8.31. The van der Waals surface area contributed by atoms with Crippen LogP contribution < -0.4 is 0 Å². The summed E-state index contributed by atoms with van der Waals surface area (Å²) < 4.78 is 29.1. The van der Waals surface area contributed by atoms with E-state index in [9.17, 15) is 8.42 Å². The molecule has 3 aromatic rings. The van der Waals surface area contributed by atoms with Crippen molar-refractivity contribution in [2.75, 3.05) is 13.4 Å². The zero-order chi connectivity index (χ0) is 20.7. The Hall–Kier alpha value is -1.08. The molecule has 150 valence electrons. The van der Waals surface area contributed by atoms with Crippen molar-refractivity contribution in [3.63, 3.8) is 0 Å². The SMILES string of the molecule is CCC(=Cc1nc2cc(Cl)ccc2[se]1)SC.COS(=O)(=O)c1ccc(C)cc1. The number of nitrogens with zero attached hydrogens (tertiary/aromatic N) is 1. The minimum absolute atomic E-state index is 0.190. The maximum absolute atomic E-state index is 11.1. The molecule has 0 aliphatic heterocycles. The van der Waals surface area contributed by atoms with Crippen LogP contribution in [0.5, 0.6) is 0 Å². The summed E-state index contributed by atoms with van der Waals surface area (Å²) in [4.78, 5) is 6.20. The van der Waals surface area contributed by atoms with Gasteiger partial charge in [-0.05, 0) is 19.1 Å². The number of aromatic nitrogens is 1. The van der Waals surface area contributed by atoms with Crippen LogP contribution in [0.15, 0.2) is 52.3 Å². The molecular formula is C20H22ClNO3S2Se. The molecule has 0 saturated carbocycles. The van der Waals surface area contributed by atoms with Crippen molar-refractivity contribution in [2.24, 2.45) is 0 Å². The van der Waals surface area contributed by atoms with Crippen LogP contribution in [0.25, 0.3) is 15.9 Å². The van der Waals surface area contributed by atoms with Crippen molar-refractivity contribution in [3.8, 4) is 0 Å². The monoisotopic (exact) mass is 503 g/mol. The third-order valence-electron chi connectivity index (χ3n) is 3.79. The van der Waals surface area contributed by atoms with Gasteiger partial charge in [0.2, 0.25) is 0 Å². The molecule has 0 bridgehead atoms. The first kappa shape index (κ1) is 23.2. The van der Waals surface area contributed by atoms with Gasteiger partial charge in [-0.2, -0.15) is 8.42 Å². The summed E-state index contributed by atoms with van der Waals surface area (Å²) in [5.74, 6) is 0. The molecule has 0 aliphatic carbocycles. The fraction of sp³-hybridized carbons (Fsp3) is 0.250. The number of allylic oxidation sites excluding steroid dienone is 1. The summed E-state index contributed by atoms with van der Waals surface area (Å²) in [6, 6.07) is 12.5. The van der Waals surface area contributed by atoms with Gasteiger partial charge in [0, 0.05) is 0 Å². The van der Waals surface area contributed by atoms with Gasteiger partial charge in [0.1, 0.15) is 0 Å². The Morgan fingerprint density at radius 2 is 1.93 bits per heavy atom. The summed E-state index contributed by atoms with van der Waals surface area (Å²) >= 11 is 8.10. The first-order valence-corrected chi connectivity index (χ1v) is 13.2. The van der Waals surface area contributed by atoms with Gasteiger partial charge in [0.05, 0.1) is 12.0 Å². The average Bonchev–Trinajstić information content (AvgIpc) is 3.08. The molecule has 0 saturated heterocycles. The number of halogens is 1. The van der Waals surface area contributed by atoms with Crippen LogP contribution in [0, 0.1) is 6.92 Å². The van der Waals surface area contributed by atoms with Gasteiger partial charge in [-0.1, -0.05) is 17.7 Å². The van der Waals surface area contributed by atoms with Crippen LogP contribution in [-0.2, 0) is 14.3 Å². The van der Waals surface area contributed by atoms with Crippen molar-refractivity contribution in [3.05, 3.63) is 62.5 Å². The summed E-state index contributed by atoms with van der Waals surface area (Å²) in [6.45, 7) is 4.07. The van der Waals surface area contributed by atoms with Crippen LogP contribution >= 0.6 is 23.4 Å². The smallest absolute Gasteiger partial charge is 0.270 e. The maximum atomic E-state index is 11.1. The van der Waals surface area contributed by atoms with E-state index in [0.717, 1.165) is 29.6 Å². The molecule has 1 aromatic heterocycles. The predicted molar refractivity (Wildman–Crippen MR) is 121 cm³/mol. The van der Waals surface area contributed by atoms with E-state index in [1.807, 2.05) is 19.1 Å². The molecular weight excluding hydrogens is 481 g/mol. The van der Waals surface area contributed by atoms with Crippen molar-refractivity contribution in [1.82, 2.24) is 4.98 Å². The standard InChI is InChI=1S/C12H12ClNSSe.C8H10O3S/c1-3-9(15-2)7-12-14-10-6-8(13)4-5-11(10)16-12;1-7-3-5-8(6-4-7)12(9,10)11-2/h4-7H,3H2,1-2H3;3-6H,1-2H3. The molecule has 2 aromatic carbocycles. The number of fused-ring (bicyclic) bond motifs is 1. The number of thioether (sulfide) groups is 1. The summed E-state index contributed by atoms with van der Waals surface area (Å²) in [6.07, 6.45) is 5.41. The topological polar surface area (TPSA) is 56.3 Å². The maximum Gasteiger partial charge on any atom is 0.296 e. The Bertz CT molecular complexity index is 1050. The first-order valence-electron chi connectivity index (χ1n) is 8.47. The van der Waals surface area contributed by atoms with E-state index in [1.54, 1.807) is 23.9 Å². The van der Waals surface area contributed by atoms with E-state index in [0.29, 0.717) is 14.5 Å². The van der Waals surface area contributed by atoms with Crippen molar-refractivity contribution >= 4 is 63.8 Å². The zero-order valence-electron chi connectivity index (χ0n) is 16.1. The molecule has 0 aliphatic rings. The predicted octanol–water partition coefficient (Wildman–Crippen LogP) is 5.39. The summed E-state index contributed by atoms with van der Waals surface area (Å²) in [5, 5.41) is 0.768. The van der Waals surface area contributed by atoms with Gasteiger partial charge in [-0.3, -0.25) is 4.18 Å². The van der Waals surface area contributed by atoms with Crippen LogP contribution in [0.3, 0.4) is 0 Å². The van der Waals surface area contributed by atoms with E-state index in [2.05, 4.69) is 34.5 Å².